The molecule has 1 fully saturated rings. The van der Waals surface area contributed by atoms with Crippen LogP contribution in [-0.2, 0) is 6.42 Å². The van der Waals surface area contributed by atoms with Crippen molar-refractivity contribution in [2.45, 2.75) is 19.8 Å². The van der Waals surface area contributed by atoms with Crippen LogP contribution in [0.3, 0.4) is 0 Å². The van der Waals surface area contributed by atoms with Crippen LogP contribution >= 0.6 is 0 Å². The number of aromatic nitrogens is 2. The number of nitrogens with zero attached hydrogens (tertiary/aromatic N) is 4. The summed E-state index contributed by atoms with van der Waals surface area (Å²) in [5.74, 6) is 1.08. The Morgan fingerprint density at radius 1 is 1.23 bits per heavy atom. The Labute approximate surface area is 184 Å². The van der Waals surface area contributed by atoms with E-state index < -0.39 is 0 Å². The molecule has 2 aromatic rings. The van der Waals surface area contributed by atoms with E-state index in [1.54, 1.807) is 7.05 Å². The number of aryl methyl sites for hydroxylation is 1. The maximum absolute atomic E-state index is 12.3. The molecule has 0 radical (unpaired) electrons. The van der Waals surface area contributed by atoms with Crippen molar-refractivity contribution in [3.63, 3.8) is 0 Å². The molecule has 4 N–H and O–H groups in total. The van der Waals surface area contributed by atoms with Gasteiger partial charge < -0.3 is 30.9 Å². The molecular weight excluding hydrogens is 394 g/mol. The first-order chi connectivity index (χ1) is 15.0. The summed E-state index contributed by atoms with van der Waals surface area (Å²) < 4.78 is 5.94. The average Bonchev–Trinajstić information content (AvgIpc) is 2.78. The Balaban J connectivity index is 1.60. The van der Waals surface area contributed by atoms with E-state index in [4.69, 9.17) is 10.5 Å². The third kappa shape index (κ3) is 6.28. The molecule has 1 aromatic heterocycles. The van der Waals surface area contributed by atoms with Crippen LogP contribution in [0.2, 0.25) is 0 Å². The minimum Gasteiger partial charge on any atom is -0.493 e. The highest BCUT2D eigenvalue weighted by atomic mass is 16.5. The summed E-state index contributed by atoms with van der Waals surface area (Å²) in [6, 6.07) is 7.58. The minimum atomic E-state index is -0.319. The van der Waals surface area contributed by atoms with Crippen LogP contribution in [-0.4, -0.2) is 79.1 Å². The predicted octanol–water partition coefficient (Wildman–Crippen LogP) is 1.74. The van der Waals surface area contributed by atoms with Gasteiger partial charge in [0.15, 0.2) is 11.5 Å². The zero-order valence-electron chi connectivity index (χ0n) is 18.6. The second-order valence-corrected chi connectivity index (χ2v) is 7.69. The zero-order chi connectivity index (χ0) is 22.2. The van der Waals surface area contributed by atoms with E-state index in [1.165, 1.54) is 0 Å². The summed E-state index contributed by atoms with van der Waals surface area (Å²) >= 11 is 0. The van der Waals surface area contributed by atoms with Gasteiger partial charge in [0.1, 0.15) is 11.6 Å². The number of amides is 1. The van der Waals surface area contributed by atoms with Gasteiger partial charge in [0.2, 0.25) is 0 Å². The number of rotatable bonds is 9. The van der Waals surface area contributed by atoms with Crippen molar-refractivity contribution in [1.29, 1.82) is 0 Å². The molecule has 0 saturated carbocycles. The molecule has 0 unspecified atom stereocenters. The molecule has 168 valence electrons. The van der Waals surface area contributed by atoms with Crippen molar-refractivity contribution >= 4 is 23.2 Å². The number of piperazine rings is 1. The van der Waals surface area contributed by atoms with Gasteiger partial charge in [0.05, 0.1) is 12.3 Å². The fourth-order valence-electron chi connectivity index (χ4n) is 3.46. The third-order valence-electron chi connectivity index (χ3n) is 5.36. The van der Waals surface area contributed by atoms with E-state index in [2.05, 4.69) is 37.4 Å². The smallest absolute Gasteiger partial charge is 0.273 e. The number of carbonyl (C=O) groups is 1. The molecular formula is C22H33N7O2. The van der Waals surface area contributed by atoms with Crippen LogP contribution in [0.25, 0.3) is 0 Å². The van der Waals surface area contributed by atoms with Crippen LogP contribution in [0.1, 0.15) is 29.5 Å². The van der Waals surface area contributed by atoms with Crippen LogP contribution < -0.4 is 21.1 Å². The number of nitrogens with one attached hydrogen (secondary N) is 2. The summed E-state index contributed by atoms with van der Waals surface area (Å²) in [4.78, 5) is 25.9. The van der Waals surface area contributed by atoms with Gasteiger partial charge in [-0.25, -0.2) is 9.97 Å². The highest BCUT2D eigenvalue weighted by Gasteiger charge is 2.17. The van der Waals surface area contributed by atoms with Gasteiger partial charge in [0, 0.05) is 51.5 Å². The zero-order valence-corrected chi connectivity index (χ0v) is 18.6. The Hall–Kier alpha value is -2.91. The molecule has 0 spiro atoms. The average molecular weight is 428 g/mol. The van der Waals surface area contributed by atoms with Crippen LogP contribution in [0, 0.1) is 0 Å². The lowest BCUT2D eigenvalue weighted by molar-refractivity contribution is 0.0958. The van der Waals surface area contributed by atoms with Gasteiger partial charge in [-0.05, 0) is 32.0 Å². The number of hydrogen-bond donors (Lipinski definition) is 3. The molecule has 0 aliphatic carbocycles. The first-order valence-electron chi connectivity index (χ1n) is 10.8. The van der Waals surface area contributed by atoms with Crippen molar-refractivity contribution in [1.82, 2.24) is 25.1 Å². The van der Waals surface area contributed by atoms with Crippen LogP contribution in [0.4, 0.5) is 17.3 Å². The van der Waals surface area contributed by atoms with E-state index in [0.29, 0.717) is 30.4 Å². The predicted molar refractivity (Wildman–Crippen MR) is 123 cm³/mol. The third-order valence-corrected chi connectivity index (χ3v) is 5.36. The summed E-state index contributed by atoms with van der Waals surface area (Å²) in [6.07, 6.45) is 1.57. The Morgan fingerprint density at radius 2 is 2.00 bits per heavy atom. The maximum Gasteiger partial charge on any atom is 0.273 e. The summed E-state index contributed by atoms with van der Waals surface area (Å²) in [6.45, 7) is 8.09. The number of nitrogens with two attached hydrogens (primary N) is 1. The largest absolute Gasteiger partial charge is 0.493 e. The first kappa shape index (κ1) is 22.8. The lowest BCUT2D eigenvalue weighted by Crippen LogP contribution is -2.44. The Bertz CT molecular complexity index is 882. The van der Waals surface area contributed by atoms with E-state index in [1.807, 2.05) is 31.2 Å². The highest BCUT2D eigenvalue weighted by Crippen LogP contribution is 2.24. The van der Waals surface area contributed by atoms with E-state index >= 15 is 0 Å². The van der Waals surface area contributed by atoms with Crippen molar-refractivity contribution in [3.8, 4) is 5.75 Å². The second kappa shape index (κ2) is 10.9. The van der Waals surface area contributed by atoms with E-state index in [9.17, 15) is 4.79 Å². The second-order valence-electron chi connectivity index (χ2n) is 7.69. The molecule has 1 aliphatic heterocycles. The van der Waals surface area contributed by atoms with Crippen LogP contribution in [0.15, 0.2) is 24.3 Å². The van der Waals surface area contributed by atoms with Gasteiger partial charge in [-0.3, -0.25) is 4.79 Å². The molecule has 3 rings (SSSR count). The molecule has 0 atom stereocenters. The summed E-state index contributed by atoms with van der Waals surface area (Å²) in [5, 5.41) is 5.76. The number of likely N-dealkylation sites (N-methyl/N-ethyl adjacent to an activating group) is 1. The van der Waals surface area contributed by atoms with E-state index in [0.717, 1.165) is 50.6 Å². The topological polar surface area (TPSA) is 109 Å². The van der Waals surface area contributed by atoms with Gasteiger partial charge >= 0.3 is 0 Å². The molecule has 31 heavy (non-hydrogen) atoms. The summed E-state index contributed by atoms with van der Waals surface area (Å²) in [5.41, 5.74) is 7.56. The van der Waals surface area contributed by atoms with Crippen molar-refractivity contribution in [3.05, 3.63) is 35.7 Å². The highest BCUT2D eigenvalue weighted by molar-refractivity contribution is 5.97. The lowest BCUT2D eigenvalue weighted by atomic mass is 10.2. The van der Waals surface area contributed by atoms with Gasteiger partial charge in [-0.2, -0.15) is 0 Å². The SMILES string of the molecule is CCc1nc(C(=O)NC)c(Nc2cccc(OCCCN3CCN(C)CC3)c2)nc1N. The number of hydrogen-bond acceptors (Lipinski definition) is 8. The monoisotopic (exact) mass is 427 g/mol. The quantitative estimate of drug-likeness (QED) is 0.520. The molecule has 1 saturated heterocycles. The maximum atomic E-state index is 12.3. The number of ether oxygens (including phenoxy) is 1. The Morgan fingerprint density at radius 3 is 2.71 bits per heavy atom. The van der Waals surface area contributed by atoms with Gasteiger partial charge in [-0.15, -0.1) is 0 Å². The number of anilines is 3. The van der Waals surface area contributed by atoms with Crippen molar-refractivity contribution < 1.29 is 9.53 Å². The van der Waals surface area contributed by atoms with Gasteiger partial charge in [-0.1, -0.05) is 13.0 Å². The first-order valence-corrected chi connectivity index (χ1v) is 10.8. The number of nitrogen functional groups attached to an aromatic ring is 1. The minimum absolute atomic E-state index is 0.215. The summed E-state index contributed by atoms with van der Waals surface area (Å²) in [7, 11) is 3.73. The Kier molecular flexibility index (Phi) is 8.02. The molecule has 2 heterocycles. The molecule has 9 heteroatoms. The van der Waals surface area contributed by atoms with Crippen LogP contribution in [0.5, 0.6) is 5.75 Å². The van der Waals surface area contributed by atoms with Crippen molar-refractivity contribution in [2.24, 2.45) is 0 Å². The lowest BCUT2D eigenvalue weighted by Gasteiger charge is -2.32. The fourth-order valence-corrected chi connectivity index (χ4v) is 3.46. The molecule has 0 bridgehead atoms. The normalized spacial score (nSPS) is 14.9. The standard InChI is InChI=1S/C22H33N7O2/c1-4-18-20(23)27-21(19(26-18)22(30)24-2)25-16-7-5-8-17(15-16)31-14-6-9-29-12-10-28(3)11-13-29/h5,7-8,15H,4,6,9-14H2,1-3H3,(H,24,30)(H3,23,25,27). The van der Waals surface area contributed by atoms with E-state index in [-0.39, 0.29) is 11.6 Å². The fraction of sp³-hybridized carbons (Fsp3) is 0.500. The molecule has 1 amide bonds. The molecule has 9 nitrogen and oxygen atoms in total. The number of benzene rings is 1. The van der Waals surface area contributed by atoms with Crippen molar-refractivity contribution in [2.75, 3.05) is 64.5 Å². The van der Waals surface area contributed by atoms with Gasteiger partial charge in [0.25, 0.3) is 5.91 Å². The number of carbonyl (C=O) groups excluding carboxylic acids is 1. The molecule has 1 aromatic carbocycles. The molecule has 1 aliphatic rings.